The van der Waals surface area contributed by atoms with Crippen LogP contribution in [0.15, 0.2) is 84.9 Å². The quantitative estimate of drug-likeness (QED) is 0.373. The van der Waals surface area contributed by atoms with Crippen molar-refractivity contribution in [1.29, 1.82) is 0 Å². The van der Waals surface area contributed by atoms with Crippen molar-refractivity contribution in [3.05, 3.63) is 113 Å². The molecule has 176 valence electrons. The Morgan fingerprint density at radius 3 is 2.35 bits per heavy atom. The first-order chi connectivity index (χ1) is 16.5. The summed E-state index contributed by atoms with van der Waals surface area (Å²) in [6.07, 6.45) is 5.01. The van der Waals surface area contributed by atoms with E-state index in [2.05, 4.69) is 60.4 Å². The molecule has 0 saturated heterocycles. The monoisotopic (exact) mass is 455 g/mol. The predicted molar refractivity (Wildman–Crippen MR) is 136 cm³/mol. The smallest absolute Gasteiger partial charge is 0.304 e. The number of allylic oxidation sites excluding steroid dienone is 2. The fourth-order valence-electron chi connectivity index (χ4n) is 4.65. The highest BCUT2D eigenvalue weighted by molar-refractivity contribution is 5.68. The molecule has 0 aromatic heterocycles. The Morgan fingerprint density at radius 2 is 1.68 bits per heavy atom. The number of nitrogens with zero attached hydrogens (tertiary/aromatic N) is 1. The minimum absolute atomic E-state index is 0.0826. The molecule has 2 atom stereocenters. The second kappa shape index (κ2) is 11.2. The average Bonchev–Trinajstić information content (AvgIpc) is 2.87. The molecule has 2 unspecified atom stereocenters. The summed E-state index contributed by atoms with van der Waals surface area (Å²) in [4.78, 5) is 13.7. The zero-order valence-electron chi connectivity index (χ0n) is 20.0. The maximum absolute atomic E-state index is 11.1. The van der Waals surface area contributed by atoms with Crippen molar-refractivity contribution in [2.24, 2.45) is 0 Å². The van der Waals surface area contributed by atoms with E-state index in [1.165, 1.54) is 16.7 Å². The van der Waals surface area contributed by atoms with E-state index in [-0.39, 0.29) is 12.3 Å². The van der Waals surface area contributed by atoms with Gasteiger partial charge in [0.05, 0.1) is 6.42 Å². The van der Waals surface area contributed by atoms with E-state index in [1.807, 2.05) is 43.3 Å². The van der Waals surface area contributed by atoms with Crippen LogP contribution in [0.5, 0.6) is 5.75 Å². The van der Waals surface area contributed by atoms with Crippen molar-refractivity contribution in [2.45, 2.75) is 51.8 Å². The molecule has 3 aromatic carbocycles. The van der Waals surface area contributed by atoms with Crippen LogP contribution in [0.4, 0.5) is 0 Å². The fourth-order valence-corrected chi connectivity index (χ4v) is 4.65. The molecule has 0 saturated carbocycles. The van der Waals surface area contributed by atoms with Crippen LogP contribution in [-0.4, -0.2) is 22.5 Å². The fraction of sp³-hybridized carbons (Fsp3) is 0.300. The van der Waals surface area contributed by atoms with Crippen LogP contribution in [0.1, 0.15) is 60.0 Å². The van der Waals surface area contributed by atoms with Gasteiger partial charge in [0.1, 0.15) is 12.4 Å². The molecular weight excluding hydrogens is 422 g/mol. The molecule has 0 spiro atoms. The van der Waals surface area contributed by atoms with Gasteiger partial charge in [0.15, 0.2) is 0 Å². The maximum Gasteiger partial charge on any atom is 0.304 e. The lowest BCUT2D eigenvalue weighted by Gasteiger charge is -2.34. The molecule has 0 bridgehead atoms. The number of hydrogen-bond acceptors (Lipinski definition) is 3. The highest BCUT2D eigenvalue weighted by atomic mass is 16.5. The maximum atomic E-state index is 11.1. The minimum Gasteiger partial charge on any atom is -0.489 e. The topological polar surface area (TPSA) is 49.8 Å². The Bertz CT molecular complexity index is 1120. The molecule has 1 aliphatic heterocycles. The van der Waals surface area contributed by atoms with Crippen molar-refractivity contribution in [3.63, 3.8) is 0 Å². The lowest BCUT2D eigenvalue weighted by molar-refractivity contribution is -0.137. The van der Waals surface area contributed by atoms with Crippen molar-refractivity contribution < 1.29 is 14.6 Å². The number of carboxylic acid groups (broad SMARTS) is 1. The third-order valence-electron chi connectivity index (χ3n) is 6.70. The summed E-state index contributed by atoms with van der Waals surface area (Å²) in [5.41, 5.74) is 6.34. The van der Waals surface area contributed by atoms with Crippen LogP contribution >= 0.6 is 0 Å². The standard InChI is InChI=1S/C30H33NO3/c1-3-6-27(19-30(32)33)26-13-15-29(16-14-26)34-21-23-9-11-24(12-10-23)22(2)31-18-17-25-7-4-5-8-28(25)20-31/h3-16,22,27H,17-21H2,1-2H3,(H,32,33). The van der Waals surface area contributed by atoms with Crippen LogP contribution in [0.3, 0.4) is 0 Å². The number of hydrogen-bond donors (Lipinski definition) is 1. The van der Waals surface area contributed by atoms with Gasteiger partial charge in [-0.3, -0.25) is 9.69 Å². The van der Waals surface area contributed by atoms with E-state index < -0.39 is 5.97 Å². The lowest BCUT2D eigenvalue weighted by atomic mass is 9.95. The van der Waals surface area contributed by atoms with Crippen LogP contribution in [-0.2, 0) is 24.4 Å². The Hall–Kier alpha value is -3.37. The van der Waals surface area contributed by atoms with Crippen LogP contribution < -0.4 is 4.74 Å². The summed E-state index contributed by atoms with van der Waals surface area (Å²) in [7, 11) is 0. The van der Waals surface area contributed by atoms with E-state index in [0.29, 0.717) is 12.6 Å². The SMILES string of the molecule is CC=CC(CC(=O)O)c1ccc(OCc2ccc(C(C)N3CCc4ccccc4C3)cc2)cc1. The predicted octanol–water partition coefficient (Wildman–Crippen LogP) is 6.52. The number of rotatable bonds is 9. The number of carboxylic acids is 1. The largest absolute Gasteiger partial charge is 0.489 e. The van der Waals surface area contributed by atoms with E-state index in [4.69, 9.17) is 9.84 Å². The highest BCUT2D eigenvalue weighted by Gasteiger charge is 2.21. The Kier molecular flexibility index (Phi) is 7.81. The summed E-state index contributed by atoms with van der Waals surface area (Å²) < 4.78 is 5.98. The number of fused-ring (bicyclic) bond motifs is 1. The van der Waals surface area contributed by atoms with Gasteiger partial charge in [-0.1, -0.05) is 72.8 Å². The van der Waals surface area contributed by atoms with Crippen molar-refractivity contribution in [2.75, 3.05) is 6.54 Å². The molecule has 0 aliphatic carbocycles. The van der Waals surface area contributed by atoms with E-state index in [1.54, 1.807) is 0 Å². The Labute approximate surface area is 202 Å². The summed E-state index contributed by atoms with van der Waals surface area (Å²) in [5, 5.41) is 9.14. The van der Waals surface area contributed by atoms with Gasteiger partial charge >= 0.3 is 5.97 Å². The third kappa shape index (κ3) is 5.95. The summed E-state index contributed by atoms with van der Waals surface area (Å²) >= 11 is 0. The van der Waals surface area contributed by atoms with Gasteiger partial charge in [-0.05, 0) is 60.2 Å². The summed E-state index contributed by atoms with van der Waals surface area (Å²) in [6.45, 7) is 6.77. The van der Waals surface area contributed by atoms with Gasteiger partial charge in [-0.15, -0.1) is 0 Å². The molecule has 0 amide bonds. The lowest BCUT2D eigenvalue weighted by Crippen LogP contribution is -2.32. The summed E-state index contributed by atoms with van der Waals surface area (Å²) in [6, 6.07) is 25.6. The number of carbonyl (C=O) groups is 1. The van der Waals surface area contributed by atoms with Crippen LogP contribution in [0, 0.1) is 0 Å². The molecule has 4 heteroatoms. The molecular formula is C30H33NO3. The van der Waals surface area contributed by atoms with Gasteiger partial charge in [0.25, 0.3) is 0 Å². The molecule has 0 fully saturated rings. The van der Waals surface area contributed by atoms with E-state index in [0.717, 1.165) is 36.4 Å². The van der Waals surface area contributed by atoms with Gasteiger partial charge in [-0.2, -0.15) is 0 Å². The number of benzene rings is 3. The van der Waals surface area contributed by atoms with Gasteiger partial charge in [0, 0.05) is 25.0 Å². The second-order valence-electron chi connectivity index (χ2n) is 8.99. The summed E-state index contributed by atoms with van der Waals surface area (Å²) in [5.74, 6) is -0.145. The number of aliphatic carboxylic acids is 1. The second-order valence-corrected chi connectivity index (χ2v) is 8.99. The van der Waals surface area contributed by atoms with Crippen molar-refractivity contribution in [3.8, 4) is 5.75 Å². The highest BCUT2D eigenvalue weighted by Crippen LogP contribution is 2.28. The van der Waals surface area contributed by atoms with Crippen LogP contribution in [0.25, 0.3) is 0 Å². The first-order valence-electron chi connectivity index (χ1n) is 12.0. The normalized spacial score (nSPS) is 15.6. The zero-order valence-corrected chi connectivity index (χ0v) is 20.0. The molecule has 1 aliphatic rings. The molecule has 3 aromatic rings. The molecule has 4 nitrogen and oxygen atoms in total. The molecule has 1 N–H and O–H groups in total. The Balaban J connectivity index is 1.33. The number of ether oxygens (including phenoxy) is 1. The minimum atomic E-state index is -0.800. The van der Waals surface area contributed by atoms with Gasteiger partial charge < -0.3 is 9.84 Å². The van der Waals surface area contributed by atoms with Gasteiger partial charge in [-0.25, -0.2) is 0 Å². The van der Waals surface area contributed by atoms with Crippen molar-refractivity contribution in [1.82, 2.24) is 4.90 Å². The van der Waals surface area contributed by atoms with E-state index in [9.17, 15) is 4.79 Å². The van der Waals surface area contributed by atoms with Crippen molar-refractivity contribution >= 4 is 5.97 Å². The zero-order chi connectivity index (χ0) is 23.9. The third-order valence-corrected chi connectivity index (χ3v) is 6.70. The van der Waals surface area contributed by atoms with Gasteiger partial charge in [0.2, 0.25) is 0 Å². The molecule has 0 radical (unpaired) electrons. The average molecular weight is 456 g/mol. The first kappa shape index (κ1) is 23.8. The molecule has 4 rings (SSSR count). The molecule has 1 heterocycles. The Morgan fingerprint density at radius 1 is 1.00 bits per heavy atom. The van der Waals surface area contributed by atoms with Crippen LogP contribution in [0.2, 0.25) is 0 Å². The van der Waals surface area contributed by atoms with E-state index >= 15 is 0 Å². The first-order valence-corrected chi connectivity index (χ1v) is 12.0. The molecule has 34 heavy (non-hydrogen) atoms.